The van der Waals surface area contributed by atoms with Gasteiger partial charge in [0.2, 0.25) is 11.8 Å². The van der Waals surface area contributed by atoms with Gasteiger partial charge in [-0.25, -0.2) is 0 Å². The van der Waals surface area contributed by atoms with Crippen LogP contribution in [0.4, 0.5) is 0 Å². The number of nitrogens with zero attached hydrogens (tertiary/aromatic N) is 2. The van der Waals surface area contributed by atoms with E-state index in [4.69, 9.17) is 9.26 Å². The van der Waals surface area contributed by atoms with Crippen LogP contribution in [0.2, 0.25) is 0 Å². The second-order valence-electron chi connectivity index (χ2n) is 7.87. The van der Waals surface area contributed by atoms with Gasteiger partial charge in [-0.2, -0.15) is 4.98 Å². The summed E-state index contributed by atoms with van der Waals surface area (Å²) in [5.41, 5.74) is 2.32. The van der Waals surface area contributed by atoms with E-state index in [0.717, 1.165) is 16.9 Å². The largest absolute Gasteiger partial charge is 0.497 e. The van der Waals surface area contributed by atoms with Crippen molar-refractivity contribution in [3.8, 4) is 5.75 Å². The molecule has 2 aromatic carbocycles. The molecule has 3 rings (SSSR count). The molecule has 0 aliphatic heterocycles. The number of hydrogen-bond acceptors (Lipinski definition) is 6. The maximum Gasteiger partial charge on any atom is 0.251 e. The van der Waals surface area contributed by atoms with Gasteiger partial charge in [-0.05, 0) is 48.2 Å². The van der Waals surface area contributed by atoms with E-state index in [2.05, 4.69) is 20.8 Å². The van der Waals surface area contributed by atoms with Gasteiger partial charge >= 0.3 is 0 Å². The summed E-state index contributed by atoms with van der Waals surface area (Å²) in [5.74, 6) is 1.45. The average Bonchev–Trinajstić information content (AvgIpc) is 3.22. The first-order chi connectivity index (χ1) is 15.4. The van der Waals surface area contributed by atoms with Crippen LogP contribution in [0.3, 0.4) is 0 Å². The zero-order valence-electron chi connectivity index (χ0n) is 18.7. The number of nitrogens with one attached hydrogen (secondary N) is 2. The number of ether oxygens (including phenoxy) is 1. The summed E-state index contributed by atoms with van der Waals surface area (Å²) in [6.45, 7) is 6.07. The Kier molecular flexibility index (Phi) is 7.59. The van der Waals surface area contributed by atoms with Crippen LogP contribution in [0.5, 0.6) is 5.75 Å². The fourth-order valence-corrected chi connectivity index (χ4v) is 3.14. The molecule has 0 aliphatic rings. The SMILES string of the molecule is COc1ccc(CC(=O)NCc2ccc(C(=O)NC(c3nc(C)no3)C(C)C)cc2)cc1. The Morgan fingerprint density at radius 2 is 1.69 bits per heavy atom. The van der Waals surface area contributed by atoms with Crippen LogP contribution < -0.4 is 15.4 Å². The second kappa shape index (κ2) is 10.6. The van der Waals surface area contributed by atoms with E-state index < -0.39 is 0 Å². The van der Waals surface area contributed by atoms with E-state index in [-0.39, 0.29) is 30.2 Å². The minimum absolute atomic E-state index is 0.0772. The quantitative estimate of drug-likeness (QED) is 0.533. The number of aryl methyl sites for hydroxylation is 1. The molecule has 2 N–H and O–H groups in total. The minimum Gasteiger partial charge on any atom is -0.497 e. The van der Waals surface area contributed by atoms with Crippen molar-refractivity contribution < 1.29 is 18.8 Å². The summed E-state index contributed by atoms with van der Waals surface area (Å²) < 4.78 is 10.4. The molecule has 0 fully saturated rings. The lowest BCUT2D eigenvalue weighted by molar-refractivity contribution is -0.120. The third-order valence-electron chi connectivity index (χ3n) is 4.99. The molecule has 1 unspecified atom stereocenters. The molecule has 1 heterocycles. The highest BCUT2D eigenvalue weighted by molar-refractivity contribution is 5.94. The molecular formula is C24H28N4O4. The average molecular weight is 437 g/mol. The Labute approximate surface area is 187 Å². The molecule has 168 valence electrons. The van der Waals surface area contributed by atoms with Crippen LogP contribution >= 0.6 is 0 Å². The Bertz CT molecular complexity index is 1040. The highest BCUT2D eigenvalue weighted by Crippen LogP contribution is 2.20. The van der Waals surface area contributed by atoms with Crippen molar-refractivity contribution in [2.45, 2.75) is 39.8 Å². The van der Waals surface area contributed by atoms with Crippen molar-refractivity contribution >= 4 is 11.8 Å². The van der Waals surface area contributed by atoms with E-state index >= 15 is 0 Å². The summed E-state index contributed by atoms with van der Waals surface area (Å²) in [6.07, 6.45) is 0.288. The van der Waals surface area contributed by atoms with Crippen molar-refractivity contribution in [2.75, 3.05) is 7.11 Å². The highest BCUT2D eigenvalue weighted by Gasteiger charge is 2.24. The van der Waals surface area contributed by atoms with Crippen molar-refractivity contribution in [1.82, 2.24) is 20.8 Å². The maximum atomic E-state index is 12.7. The van der Waals surface area contributed by atoms with E-state index in [1.807, 2.05) is 50.2 Å². The number of benzene rings is 2. The van der Waals surface area contributed by atoms with Crippen molar-refractivity contribution in [1.29, 1.82) is 0 Å². The molecule has 32 heavy (non-hydrogen) atoms. The van der Waals surface area contributed by atoms with E-state index in [9.17, 15) is 9.59 Å². The third kappa shape index (κ3) is 6.16. The number of aromatic nitrogens is 2. The fourth-order valence-electron chi connectivity index (χ4n) is 3.14. The summed E-state index contributed by atoms with van der Waals surface area (Å²) in [4.78, 5) is 29.1. The maximum absolute atomic E-state index is 12.7. The fraction of sp³-hybridized carbons (Fsp3) is 0.333. The first kappa shape index (κ1) is 23.0. The lowest BCUT2D eigenvalue weighted by Crippen LogP contribution is -2.32. The summed E-state index contributed by atoms with van der Waals surface area (Å²) in [7, 11) is 1.61. The van der Waals surface area contributed by atoms with Crippen LogP contribution in [0.25, 0.3) is 0 Å². The molecule has 0 saturated carbocycles. The van der Waals surface area contributed by atoms with Gasteiger partial charge in [-0.3, -0.25) is 9.59 Å². The first-order valence-corrected chi connectivity index (χ1v) is 10.5. The van der Waals surface area contributed by atoms with Gasteiger partial charge in [0.1, 0.15) is 11.8 Å². The van der Waals surface area contributed by atoms with Crippen LogP contribution in [-0.2, 0) is 17.8 Å². The van der Waals surface area contributed by atoms with Crippen molar-refractivity contribution in [3.05, 3.63) is 76.9 Å². The molecule has 8 heteroatoms. The predicted octanol–water partition coefficient (Wildman–Crippen LogP) is 3.37. The third-order valence-corrected chi connectivity index (χ3v) is 4.99. The smallest absolute Gasteiger partial charge is 0.251 e. The van der Waals surface area contributed by atoms with Crippen molar-refractivity contribution in [2.24, 2.45) is 5.92 Å². The lowest BCUT2D eigenvalue weighted by Gasteiger charge is -2.18. The van der Waals surface area contributed by atoms with Crippen LogP contribution in [0.1, 0.15) is 53.1 Å². The van der Waals surface area contributed by atoms with Crippen molar-refractivity contribution in [3.63, 3.8) is 0 Å². The number of hydrogen-bond donors (Lipinski definition) is 2. The molecule has 0 bridgehead atoms. The summed E-state index contributed by atoms with van der Waals surface area (Å²) >= 11 is 0. The van der Waals surface area contributed by atoms with E-state index in [1.165, 1.54) is 0 Å². The Morgan fingerprint density at radius 3 is 2.25 bits per heavy atom. The lowest BCUT2D eigenvalue weighted by atomic mass is 10.0. The molecule has 0 saturated heterocycles. The first-order valence-electron chi connectivity index (χ1n) is 10.5. The zero-order chi connectivity index (χ0) is 23.1. The minimum atomic E-state index is -0.374. The molecule has 0 aliphatic carbocycles. The number of methoxy groups -OCH3 is 1. The van der Waals surface area contributed by atoms with E-state index in [1.54, 1.807) is 26.2 Å². The highest BCUT2D eigenvalue weighted by atomic mass is 16.5. The van der Waals surface area contributed by atoms with Gasteiger partial charge in [0.15, 0.2) is 5.82 Å². The number of rotatable bonds is 9. The molecule has 8 nitrogen and oxygen atoms in total. The Hall–Kier alpha value is -3.68. The predicted molar refractivity (Wildman–Crippen MR) is 119 cm³/mol. The molecule has 0 spiro atoms. The molecule has 1 aromatic heterocycles. The molecule has 2 amide bonds. The van der Waals surface area contributed by atoms with Gasteiger partial charge < -0.3 is 19.9 Å². The van der Waals surface area contributed by atoms with Gasteiger partial charge in [0, 0.05) is 12.1 Å². The van der Waals surface area contributed by atoms with Crippen LogP contribution in [-0.4, -0.2) is 29.1 Å². The van der Waals surface area contributed by atoms with Crippen LogP contribution in [0, 0.1) is 12.8 Å². The molecule has 0 radical (unpaired) electrons. The zero-order valence-corrected chi connectivity index (χ0v) is 18.7. The summed E-state index contributed by atoms with van der Waals surface area (Å²) in [6, 6.07) is 14.1. The van der Waals surface area contributed by atoms with E-state index in [0.29, 0.717) is 23.8 Å². The Balaban J connectivity index is 1.53. The number of carbonyl (C=O) groups excluding carboxylic acids is 2. The van der Waals surface area contributed by atoms with Gasteiger partial charge in [0.05, 0.1) is 13.5 Å². The molecule has 1 atom stereocenters. The molecule has 3 aromatic rings. The standard InChI is InChI=1S/C24H28N4O4/c1-15(2)22(24-26-16(3)28-32-24)27-23(30)19-9-5-18(6-10-19)14-25-21(29)13-17-7-11-20(31-4)12-8-17/h5-12,15,22H,13-14H2,1-4H3,(H,25,29)(H,27,30). The van der Waals surface area contributed by atoms with Gasteiger partial charge in [-0.15, -0.1) is 0 Å². The topological polar surface area (TPSA) is 106 Å². The second-order valence-corrected chi connectivity index (χ2v) is 7.87. The van der Waals surface area contributed by atoms with Gasteiger partial charge in [0.25, 0.3) is 5.91 Å². The molecular weight excluding hydrogens is 408 g/mol. The number of carbonyl (C=O) groups is 2. The van der Waals surface area contributed by atoms with Gasteiger partial charge in [-0.1, -0.05) is 43.3 Å². The number of amides is 2. The van der Waals surface area contributed by atoms with Crippen LogP contribution in [0.15, 0.2) is 53.1 Å². The summed E-state index contributed by atoms with van der Waals surface area (Å²) in [5, 5.41) is 9.65. The Morgan fingerprint density at radius 1 is 1.03 bits per heavy atom. The monoisotopic (exact) mass is 436 g/mol. The normalized spacial score (nSPS) is 11.8.